The number of carbonyl (C=O) groups is 1. The molecule has 3 rings (SSSR count). The molecule has 0 unspecified atom stereocenters. The maximum atomic E-state index is 11.9. The molecule has 1 heterocycles. The first-order chi connectivity index (χ1) is 12.5. The number of nitrogens with one attached hydrogen (secondary N) is 1. The highest BCUT2D eigenvalue weighted by atomic mass is 79.9. The molecule has 1 amide bonds. The van der Waals surface area contributed by atoms with Crippen LogP contribution in [0.25, 0.3) is 10.9 Å². The van der Waals surface area contributed by atoms with E-state index in [-0.39, 0.29) is 17.4 Å². The third kappa shape index (κ3) is 4.84. The summed E-state index contributed by atoms with van der Waals surface area (Å²) in [5.41, 5.74) is 3.82. The number of hydrogen-bond donors (Lipinski definition) is 2. The molecule has 2 N–H and O–H groups in total. The highest BCUT2D eigenvalue weighted by molar-refractivity contribution is 9.11. The van der Waals surface area contributed by atoms with E-state index in [1.165, 1.54) is 18.0 Å². The van der Waals surface area contributed by atoms with Crippen molar-refractivity contribution in [2.24, 2.45) is 5.10 Å². The number of rotatable bonds is 5. The number of nitrogens with zero attached hydrogens (tertiary/aromatic N) is 2. The van der Waals surface area contributed by atoms with Crippen LogP contribution in [0, 0.1) is 0 Å². The molecule has 5 nitrogen and oxygen atoms in total. The van der Waals surface area contributed by atoms with Gasteiger partial charge in [-0.05, 0) is 40.2 Å². The second-order valence-electron chi connectivity index (χ2n) is 5.25. The molecule has 26 heavy (non-hydrogen) atoms. The Balaban J connectivity index is 1.57. The zero-order valence-corrected chi connectivity index (χ0v) is 17.3. The average Bonchev–Trinajstić information content (AvgIpc) is 2.63. The zero-order chi connectivity index (χ0) is 18.5. The third-order valence-corrected chi connectivity index (χ3v) is 5.37. The lowest BCUT2D eigenvalue weighted by molar-refractivity contribution is -0.118. The van der Waals surface area contributed by atoms with Crippen molar-refractivity contribution in [1.82, 2.24) is 10.4 Å². The zero-order valence-electron chi connectivity index (χ0n) is 13.3. The van der Waals surface area contributed by atoms with Gasteiger partial charge in [-0.2, -0.15) is 5.10 Å². The molecule has 1 aromatic heterocycles. The first-order valence-electron chi connectivity index (χ1n) is 7.51. The summed E-state index contributed by atoms with van der Waals surface area (Å²) in [4.78, 5) is 16.4. The number of pyridine rings is 1. The maximum Gasteiger partial charge on any atom is 0.250 e. The molecular weight excluding hydrogens is 482 g/mol. The van der Waals surface area contributed by atoms with Crippen molar-refractivity contribution in [3.05, 3.63) is 63.0 Å². The van der Waals surface area contributed by atoms with Gasteiger partial charge in [0.1, 0.15) is 5.75 Å². The van der Waals surface area contributed by atoms with Gasteiger partial charge in [-0.25, -0.2) is 10.4 Å². The van der Waals surface area contributed by atoms with E-state index < -0.39 is 0 Å². The Morgan fingerprint density at radius 2 is 2.04 bits per heavy atom. The van der Waals surface area contributed by atoms with Gasteiger partial charge in [0.15, 0.2) is 0 Å². The number of fused-ring (bicyclic) bond motifs is 1. The van der Waals surface area contributed by atoms with Crippen LogP contribution in [0.15, 0.2) is 67.6 Å². The van der Waals surface area contributed by atoms with Crippen molar-refractivity contribution in [2.45, 2.75) is 5.03 Å². The molecule has 2 aromatic carbocycles. The minimum Gasteiger partial charge on any atom is -0.506 e. The van der Waals surface area contributed by atoms with E-state index >= 15 is 0 Å². The van der Waals surface area contributed by atoms with Crippen LogP contribution in [0.1, 0.15) is 5.56 Å². The van der Waals surface area contributed by atoms with Crippen LogP contribution in [0.5, 0.6) is 5.75 Å². The lowest BCUT2D eigenvalue weighted by atomic mass is 10.2. The second kappa shape index (κ2) is 8.66. The molecular formula is C18H13Br2N3O2S. The fraction of sp³-hybridized carbons (Fsp3) is 0.0556. The van der Waals surface area contributed by atoms with Crippen LogP contribution in [0.3, 0.4) is 0 Å². The number of phenolic OH excluding ortho intramolecular Hbond substituents is 1. The maximum absolute atomic E-state index is 11.9. The van der Waals surface area contributed by atoms with Crippen molar-refractivity contribution >= 4 is 66.6 Å². The number of halogens is 2. The predicted molar refractivity (Wildman–Crippen MR) is 112 cm³/mol. The van der Waals surface area contributed by atoms with Crippen LogP contribution in [0.4, 0.5) is 0 Å². The number of benzene rings is 2. The lowest BCUT2D eigenvalue weighted by Gasteiger charge is -2.04. The first kappa shape index (κ1) is 18.9. The van der Waals surface area contributed by atoms with E-state index in [4.69, 9.17) is 0 Å². The molecule has 0 saturated carbocycles. The van der Waals surface area contributed by atoms with Crippen LogP contribution in [-0.2, 0) is 4.79 Å². The quantitative estimate of drug-likeness (QED) is 0.306. The number of phenols is 1. The van der Waals surface area contributed by atoms with E-state index in [1.807, 2.05) is 36.4 Å². The largest absolute Gasteiger partial charge is 0.506 e. The van der Waals surface area contributed by atoms with Crippen molar-refractivity contribution in [3.8, 4) is 5.75 Å². The molecule has 8 heteroatoms. The van der Waals surface area contributed by atoms with Crippen LogP contribution in [-0.4, -0.2) is 28.0 Å². The van der Waals surface area contributed by atoms with Crippen molar-refractivity contribution in [3.63, 3.8) is 0 Å². The van der Waals surface area contributed by atoms with Crippen LogP contribution >= 0.6 is 43.6 Å². The summed E-state index contributed by atoms with van der Waals surface area (Å²) in [7, 11) is 0. The Bertz CT molecular complexity index is 995. The molecule has 0 bridgehead atoms. The van der Waals surface area contributed by atoms with Crippen LogP contribution in [0.2, 0.25) is 0 Å². The third-order valence-electron chi connectivity index (χ3n) is 3.37. The smallest absolute Gasteiger partial charge is 0.250 e. The Morgan fingerprint density at radius 1 is 1.23 bits per heavy atom. The van der Waals surface area contributed by atoms with Gasteiger partial charge in [0.25, 0.3) is 0 Å². The average molecular weight is 495 g/mol. The van der Waals surface area contributed by atoms with Crippen molar-refractivity contribution < 1.29 is 9.90 Å². The minimum absolute atomic E-state index is 0.0564. The predicted octanol–water partition coefficient (Wildman–Crippen LogP) is 4.71. The number of para-hydroxylation sites is 1. The van der Waals surface area contributed by atoms with Gasteiger partial charge in [0.2, 0.25) is 5.91 Å². The van der Waals surface area contributed by atoms with Gasteiger partial charge < -0.3 is 5.11 Å². The molecule has 0 radical (unpaired) electrons. The van der Waals surface area contributed by atoms with Crippen molar-refractivity contribution in [1.29, 1.82) is 0 Å². The highest BCUT2D eigenvalue weighted by Gasteiger charge is 2.06. The molecule has 3 aromatic rings. The Labute approximate surface area is 171 Å². The molecule has 0 aliphatic carbocycles. The second-order valence-corrected chi connectivity index (χ2v) is 8.02. The fourth-order valence-electron chi connectivity index (χ4n) is 2.16. The van der Waals surface area contributed by atoms with Gasteiger partial charge in [-0.15, -0.1) is 0 Å². The van der Waals surface area contributed by atoms with Gasteiger partial charge in [0.05, 0.1) is 27.0 Å². The van der Waals surface area contributed by atoms with E-state index in [2.05, 4.69) is 47.4 Å². The number of aromatic nitrogens is 1. The summed E-state index contributed by atoms with van der Waals surface area (Å²) in [5.74, 6) is -0.00712. The van der Waals surface area contributed by atoms with Gasteiger partial charge >= 0.3 is 0 Å². The summed E-state index contributed by atoms with van der Waals surface area (Å²) in [6.07, 6.45) is 1.39. The van der Waals surface area contributed by atoms with E-state index in [9.17, 15) is 9.90 Å². The number of hydrogen-bond acceptors (Lipinski definition) is 5. The first-order valence-corrected chi connectivity index (χ1v) is 10.1. The topological polar surface area (TPSA) is 74.6 Å². The Hall–Kier alpha value is -1.90. The monoisotopic (exact) mass is 493 g/mol. The summed E-state index contributed by atoms with van der Waals surface area (Å²) in [6, 6.07) is 15.1. The van der Waals surface area contributed by atoms with Crippen molar-refractivity contribution in [2.75, 3.05) is 5.75 Å². The minimum atomic E-state index is -0.255. The number of aromatic hydroxyl groups is 1. The number of amides is 1. The van der Waals surface area contributed by atoms with Gasteiger partial charge in [-0.1, -0.05) is 52.0 Å². The SMILES string of the molecule is O=C(CSc1ccc2ccccc2n1)N/N=C\c1cc(Br)cc(Br)c1O. The standard InChI is InChI=1S/C18H13Br2N3O2S/c19-13-7-12(18(25)14(20)8-13)9-21-23-16(24)10-26-17-6-5-11-3-1-2-4-15(11)22-17/h1-9,25H,10H2,(H,23,24)/b21-9-. The van der Waals surface area contributed by atoms with Gasteiger partial charge in [0, 0.05) is 15.4 Å². The summed E-state index contributed by atoms with van der Waals surface area (Å²) >= 11 is 7.92. The molecule has 132 valence electrons. The van der Waals surface area contributed by atoms with E-state index in [0.717, 1.165) is 20.4 Å². The molecule has 0 saturated heterocycles. The number of thioether (sulfide) groups is 1. The van der Waals surface area contributed by atoms with Gasteiger partial charge in [-0.3, -0.25) is 4.79 Å². The van der Waals surface area contributed by atoms with E-state index in [1.54, 1.807) is 12.1 Å². The normalized spacial score (nSPS) is 11.2. The molecule has 0 aliphatic heterocycles. The number of carbonyl (C=O) groups excluding carboxylic acids is 1. The molecule has 0 spiro atoms. The van der Waals surface area contributed by atoms with Crippen LogP contribution < -0.4 is 5.43 Å². The molecule has 0 fully saturated rings. The summed E-state index contributed by atoms with van der Waals surface area (Å²) in [5, 5.41) is 15.7. The van der Waals surface area contributed by atoms with E-state index in [0.29, 0.717) is 10.0 Å². The summed E-state index contributed by atoms with van der Waals surface area (Å²) < 4.78 is 1.32. The Kier molecular flexibility index (Phi) is 6.29. The molecule has 0 aliphatic rings. The Morgan fingerprint density at radius 3 is 2.88 bits per heavy atom. The molecule has 0 atom stereocenters. The summed E-state index contributed by atoms with van der Waals surface area (Å²) in [6.45, 7) is 0. The fourth-order valence-corrected chi connectivity index (χ4v) is 4.09. The highest BCUT2D eigenvalue weighted by Crippen LogP contribution is 2.30. The number of hydrazone groups is 1. The lowest BCUT2D eigenvalue weighted by Crippen LogP contribution is -2.19.